The van der Waals surface area contributed by atoms with Gasteiger partial charge in [-0.1, -0.05) is 25.5 Å². The van der Waals surface area contributed by atoms with Gasteiger partial charge in [-0.25, -0.2) is 0 Å². The molecular formula is C20H28O2. The van der Waals surface area contributed by atoms with E-state index in [0.717, 1.165) is 32.1 Å². The summed E-state index contributed by atoms with van der Waals surface area (Å²) in [5, 5.41) is 11.2. The third-order valence-corrected chi connectivity index (χ3v) is 7.71. The maximum Gasteiger partial charge on any atom is 0.178 e. The first-order valence-electron chi connectivity index (χ1n) is 10.2. The fourth-order valence-electron chi connectivity index (χ4n) is 6.21. The second-order valence-electron chi connectivity index (χ2n) is 8.46. The summed E-state index contributed by atoms with van der Waals surface area (Å²) in [5.74, 6) is 1.20. The van der Waals surface area contributed by atoms with E-state index in [-0.39, 0.29) is 17.1 Å². The van der Waals surface area contributed by atoms with E-state index in [4.69, 9.17) is 4.11 Å². The van der Waals surface area contributed by atoms with Crippen molar-refractivity contribution < 1.29 is 14.0 Å². The van der Waals surface area contributed by atoms with Crippen LogP contribution in [0.3, 0.4) is 0 Å². The highest BCUT2D eigenvalue weighted by atomic mass is 16.3. The summed E-state index contributed by atoms with van der Waals surface area (Å²) in [6.07, 6.45) is 10.4. The second-order valence-corrected chi connectivity index (χ2v) is 8.46. The van der Waals surface area contributed by atoms with Crippen molar-refractivity contribution in [1.29, 1.82) is 0 Å². The first-order valence-corrected chi connectivity index (χ1v) is 8.70. The molecule has 22 heavy (non-hydrogen) atoms. The van der Waals surface area contributed by atoms with E-state index in [1.807, 2.05) is 13.0 Å². The van der Waals surface area contributed by atoms with Gasteiger partial charge in [-0.2, -0.15) is 0 Å². The minimum absolute atomic E-state index is 0.0845. The van der Waals surface area contributed by atoms with E-state index in [1.165, 1.54) is 5.57 Å². The fourth-order valence-corrected chi connectivity index (χ4v) is 6.21. The van der Waals surface area contributed by atoms with Crippen molar-refractivity contribution in [2.75, 3.05) is 0 Å². The minimum atomic E-state index is -2.33. The molecule has 0 unspecified atom stereocenters. The maximum atomic E-state index is 11.8. The Morgan fingerprint density at radius 3 is 2.77 bits per heavy atom. The third-order valence-electron chi connectivity index (χ3n) is 7.71. The fraction of sp³-hybridized carbons (Fsp3) is 0.750. The van der Waals surface area contributed by atoms with Crippen LogP contribution in [0, 0.1) is 28.6 Å². The first kappa shape index (κ1) is 11.6. The summed E-state index contributed by atoms with van der Waals surface area (Å²) in [7, 11) is 0. The molecular weight excluding hydrogens is 272 g/mol. The van der Waals surface area contributed by atoms with E-state index < -0.39 is 17.9 Å². The maximum absolute atomic E-state index is 11.8. The molecule has 0 spiro atoms. The van der Waals surface area contributed by atoms with Crippen molar-refractivity contribution in [3.05, 3.63) is 23.8 Å². The molecule has 4 aliphatic rings. The first-order chi connectivity index (χ1) is 11.5. The molecule has 4 rings (SSSR count). The van der Waals surface area contributed by atoms with Gasteiger partial charge < -0.3 is 5.11 Å². The summed E-state index contributed by atoms with van der Waals surface area (Å²) in [6.45, 7) is 1.93. The van der Waals surface area contributed by atoms with Crippen LogP contribution < -0.4 is 0 Å². The van der Waals surface area contributed by atoms with Gasteiger partial charge in [-0.15, -0.1) is 0 Å². The highest BCUT2D eigenvalue weighted by molar-refractivity contribution is 6.01. The van der Waals surface area contributed by atoms with Crippen LogP contribution in [0.2, 0.25) is 0 Å². The Morgan fingerprint density at radius 1 is 1.23 bits per heavy atom. The SMILES string of the molecule is [2H]C([2H])([2H])[C@@]1(O)CC[C@H]2[C@@H]3CCC4=CC(=O)C=C[C@]4(C)[C@H]3CC[C@@]21C. The molecule has 0 amide bonds. The highest BCUT2D eigenvalue weighted by Crippen LogP contribution is 2.66. The number of ketones is 1. The normalized spacial score (nSPS) is 56.1. The lowest BCUT2D eigenvalue weighted by Gasteiger charge is -2.57. The molecule has 4 aliphatic carbocycles. The predicted molar refractivity (Wildman–Crippen MR) is 87.2 cm³/mol. The van der Waals surface area contributed by atoms with Gasteiger partial charge in [0.05, 0.1) is 5.60 Å². The zero-order valence-electron chi connectivity index (χ0n) is 16.6. The molecule has 0 radical (unpaired) electrons. The van der Waals surface area contributed by atoms with Gasteiger partial charge in [-0.3, -0.25) is 4.79 Å². The molecule has 120 valence electrons. The number of aliphatic hydroxyl groups is 1. The zero-order valence-corrected chi connectivity index (χ0v) is 13.6. The third kappa shape index (κ3) is 1.68. The van der Waals surface area contributed by atoms with Crippen LogP contribution in [0.15, 0.2) is 23.8 Å². The Labute approximate surface area is 137 Å². The van der Waals surface area contributed by atoms with Crippen LogP contribution in [0.1, 0.15) is 63.3 Å². The average Bonchev–Trinajstić information content (AvgIpc) is 2.81. The van der Waals surface area contributed by atoms with Crippen molar-refractivity contribution in [3.63, 3.8) is 0 Å². The van der Waals surface area contributed by atoms with Crippen molar-refractivity contribution in [3.8, 4) is 0 Å². The van der Waals surface area contributed by atoms with E-state index in [0.29, 0.717) is 18.3 Å². The molecule has 0 bridgehead atoms. The monoisotopic (exact) mass is 303 g/mol. The Kier molecular flexibility index (Phi) is 2.29. The largest absolute Gasteiger partial charge is 0.390 e. The molecule has 3 fully saturated rings. The van der Waals surface area contributed by atoms with Crippen molar-refractivity contribution in [2.24, 2.45) is 28.6 Å². The molecule has 0 aromatic carbocycles. The summed E-state index contributed by atoms with van der Waals surface area (Å²) in [6, 6.07) is 0. The zero-order chi connectivity index (χ0) is 18.3. The average molecular weight is 303 g/mol. The molecule has 0 saturated heterocycles. The predicted octanol–water partition coefficient (Wildman–Crippen LogP) is 4.05. The van der Waals surface area contributed by atoms with Crippen molar-refractivity contribution >= 4 is 5.78 Å². The molecule has 1 N–H and O–H groups in total. The number of allylic oxidation sites excluding steroid dienone is 4. The Hall–Kier alpha value is -0.890. The lowest BCUT2D eigenvalue weighted by molar-refractivity contribution is -0.114. The standard InChI is InChI=1S/C20H28O2/c1-18-9-6-14(21)12-13(18)4-5-15-16(18)7-10-19(2)17(15)8-11-20(19,3)22/h6,9,12,15-17,22H,4-5,7-8,10-11H2,1-3H3/t15-,16+,17+,18+,19+,20-/m1/s1/i3D3. The summed E-state index contributed by atoms with van der Waals surface area (Å²) in [5.41, 5.74) is -0.941. The van der Waals surface area contributed by atoms with Gasteiger partial charge in [0.15, 0.2) is 5.78 Å². The van der Waals surface area contributed by atoms with Crippen LogP contribution in [-0.4, -0.2) is 16.5 Å². The summed E-state index contributed by atoms with van der Waals surface area (Å²) >= 11 is 0. The number of rotatable bonds is 0. The highest BCUT2D eigenvalue weighted by Gasteiger charge is 2.61. The van der Waals surface area contributed by atoms with Crippen LogP contribution >= 0.6 is 0 Å². The van der Waals surface area contributed by atoms with E-state index in [2.05, 4.69) is 13.0 Å². The van der Waals surface area contributed by atoms with Gasteiger partial charge in [0.25, 0.3) is 0 Å². The number of hydrogen-bond donors (Lipinski definition) is 1. The molecule has 3 saturated carbocycles. The number of fused-ring (bicyclic) bond motifs is 5. The Bertz CT molecular complexity index is 679. The van der Waals surface area contributed by atoms with Gasteiger partial charge in [0, 0.05) is 9.53 Å². The van der Waals surface area contributed by atoms with Crippen LogP contribution in [0.5, 0.6) is 0 Å². The van der Waals surface area contributed by atoms with E-state index in [9.17, 15) is 9.90 Å². The molecule has 0 heterocycles. The molecule has 2 nitrogen and oxygen atoms in total. The summed E-state index contributed by atoms with van der Waals surface area (Å²) < 4.78 is 23.8. The van der Waals surface area contributed by atoms with Gasteiger partial charge in [0.1, 0.15) is 0 Å². The molecule has 0 aromatic heterocycles. The minimum Gasteiger partial charge on any atom is -0.390 e. The smallest absolute Gasteiger partial charge is 0.178 e. The lowest BCUT2D eigenvalue weighted by Crippen LogP contribution is -2.53. The Morgan fingerprint density at radius 2 is 2.00 bits per heavy atom. The van der Waals surface area contributed by atoms with Crippen LogP contribution in [0.25, 0.3) is 0 Å². The number of hydrogen-bond acceptors (Lipinski definition) is 2. The van der Waals surface area contributed by atoms with Gasteiger partial charge in [-0.05, 0) is 80.7 Å². The van der Waals surface area contributed by atoms with Crippen LogP contribution in [0.4, 0.5) is 0 Å². The summed E-state index contributed by atoms with van der Waals surface area (Å²) in [4.78, 5) is 11.8. The van der Waals surface area contributed by atoms with Crippen LogP contribution in [-0.2, 0) is 4.79 Å². The van der Waals surface area contributed by atoms with Gasteiger partial charge in [0.2, 0.25) is 0 Å². The molecule has 0 aromatic rings. The van der Waals surface area contributed by atoms with E-state index in [1.54, 1.807) is 6.08 Å². The lowest BCUT2D eigenvalue weighted by atomic mass is 9.47. The number of carbonyl (C=O) groups is 1. The molecule has 0 aliphatic heterocycles. The van der Waals surface area contributed by atoms with Crippen molar-refractivity contribution in [2.45, 2.75) is 64.8 Å². The second kappa shape index (κ2) is 4.35. The Balaban J connectivity index is 1.71. The van der Waals surface area contributed by atoms with Crippen molar-refractivity contribution in [1.82, 2.24) is 0 Å². The topological polar surface area (TPSA) is 37.3 Å². The number of carbonyl (C=O) groups excluding carboxylic acids is 1. The molecule has 6 atom stereocenters. The quantitative estimate of drug-likeness (QED) is 0.733. The van der Waals surface area contributed by atoms with Gasteiger partial charge >= 0.3 is 0 Å². The van der Waals surface area contributed by atoms with E-state index >= 15 is 0 Å². The molecule has 2 heteroatoms.